The summed E-state index contributed by atoms with van der Waals surface area (Å²) >= 11 is 5.78. The average Bonchev–Trinajstić information content (AvgIpc) is 2.25. The second-order valence-electron chi connectivity index (χ2n) is 3.60. The molecular formula is C11H15ClN2O2. The highest BCUT2D eigenvalue weighted by atomic mass is 35.5. The molecule has 0 bridgehead atoms. The summed E-state index contributed by atoms with van der Waals surface area (Å²) in [5, 5.41) is 12.9. The first-order valence-corrected chi connectivity index (χ1v) is 5.35. The lowest BCUT2D eigenvalue weighted by Gasteiger charge is -2.13. The Balaban J connectivity index is 2.53. The van der Waals surface area contributed by atoms with E-state index < -0.39 is 12.1 Å². The molecule has 0 saturated carbocycles. The van der Waals surface area contributed by atoms with Gasteiger partial charge in [0.15, 0.2) is 0 Å². The van der Waals surface area contributed by atoms with Crippen molar-refractivity contribution in [2.24, 2.45) is 5.73 Å². The van der Waals surface area contributed by atoms with Crippen LogP contribution >= 0.6 is 11.6 Å². The molecule has 0 aromatic heterocycles. The largest absolute Gasteiger partial charge is 0.387 e. The lowest BCUT2D eigenvalue weighted by atomic mass is 10.1. The fourth-order valence-corrected chi connectivity index (χ4v) is 1.39. The number of hydrogen-bond acceptors (Lipinski definition) is 3. The minimum atomic E-state index is -0.776. The molecule has 0 saturated heterocycles. The molecule has 2 atom stereocenters. The van der Waals surface area contributed by atoms with Gasteiger partial charge in [0.25, 0.3) is 0 Å². The number of benzene rings is 1. The summed E-state index contributed by atoms with van der Waals surface area (Å²) in [6.45, 7) is 1.71. The fraction of sp³-hybridized carbons (Fsp3) is 0.364. The first-order valence-electron chi connectivity index (χ1n) is 4.97. The van der Waals surface area contributed by atoms with E-state index in [1.54, 1.807) is 31.2 Å². The molecule has 0 aliphatic carbocycles. The predicted molar refractivity (Wildman–Crippen MR) is 63.1 cm³/mol. The van der Waals surface area contributed by atoms with Crippen molar-refractivity contribution in [2.75, 3.05) is 6.54 Å². The van der Waals surface area contributed by atoms with E-state index in [0.29, 0.717) is 10.6 Å². The van der Waals surface area contributed by atoms with Crippen molar-refractivity contribution in [1.29, 1.82) is 0 Å². The molecule has 88 valence electrons. The molecular weight excluding hydrogens is 228 g/mol. The zero-order chi connectivity index (χ0) is 12.1. The van der Waals surface area contributed by atoms with Crippen molar-refractivity contribution in [3.05, 3.63) is 34.9 Å². The van der Waals surface area contributed by atoms with Crippen LogP contribution in [0.3, 0.4) is 0 Å². The first kappa shape index (κ1) is 13.0. The first-order chi connectivity index (χ1) is 7.50. The van der Waals surface area contributed by atoms with Crippen LogP contribution in [0.2, 0.25) is 5.02 Å². The van der Waals surface area contributed by atoms with E-state index in [1.807, 2.05) is 0 Å². The van der Waals surface area contributed by atoms with Crippen LogP contribution in [0.25, 0.3) is 0 Å². The summed E-state index contributed by atoms with van der Waals surface area (Å²) < 4.78 is 0. The van der Waals surface area contributed by atoms with E-state index in [4.69, 9.17) is 17.3 Å². The van der Waals surface area contributed by atoms with E-state index in [-0.39, 0.29) is 12.5 Å². The number of hydrogen-bond donors (Lipinski definition) is 3. The van der Waals surface area contributed by atoms with Gasteiger partial charge in [-0.25, -0.2) is 0 Å². The highest BCUT2D eigenvalue weighted by Crippen LogP contribution is 2.16. The molecule has 0 fully saturated rings. The van der Waals surface area contributed by atoms with Crippen LogP contribution < -0.4 is 11.1 Å². The molecule has 0 spiro atoms. The SMILES string of the molecule is C[C@@H](N)C(=O)NCC(O)c1cccc(Cl)c1. The molecule has 0 radical (unpaired) electrons. The lowest BCUT2D eigenvalue weighted by molar-refractivity contribution is -0.122. The van der Waals surface area contributed by atoms with Crippen LogP contribution in [0.1, 0.15) is 18.6 Å². The summed E-state index contributed by atoms with van der Waals surface area (Å²) in [5.41, 5.74) is 6.03. The average molecular weight is 243 g/mol. The zero-order valence-corrected chi connectivity index (χ0v) is 9.74. The molecule has 0 heterocycles. The number of amides is 1. The van der Waals surface area contributed by atoms with Gasteiger partial charge in [-0.3, -0.25) is 4.79 Å². The lowest BCUT2D eigenvalue weighted by Crippen LogP contribution is -2.40. The summed E-state index contributed by atoms with van der Waals surface area (Å²) in [5.74, 6) is -0.291. The standard InChI is InChI=1S/C11H15ClN2O2/c1-7(13)11(16)14-6-10(15)8-3-2-4-9(12)5-8/h2-5,7,10,15H,6,13H2,1H3,(H,14,16)/t7-,10?/m1/s1. The highest BCUT2D eigenvalue weighted by Gasteiger charge is 2.11. The van der Waals surface area contributed by atoms with Crippen molar-refractivity contribution in [2.45, 2.75) is 19.1 Å². The van der Waals surface area contributed by atoms with Crippen LogP contribution in [0.4, 0.5) is 0 Å². The topological polar surface area (TPSA) is 75.4 Å². The molecule has 4 N–H and O–H groups in total. The molecule has 1 aromatic rings. The summed E-state index contributed by atoms with van der Waals surface area (Å²) in [7, 11) is 0. The Morgan fingerprint density at radius 1 is 1.62 bits per heavy atom. The van der Waals surface area contributed by atoms with E-state index >= 15 is 0 Å². The Bertz CT molecular complexity index is 369. The van der Waals surface area contributed by atoms with Gasteiger partial charge in [-0.15, -0.1) is 0 Å². The Morgan fingerprint density at radius 2 is 2.31 bits per heavy atom. The van der Waals surface area contributed by atoms with E-state index in [1.165, 1.54) is 0 Å². The van der Waals surface area contributed by atoms with Gasteiger partial charge >= 0.3 is 0 Å². The zero-order valence-electron chi connectivity index (χ0n) is 8.98. The number of aliphatic hydroxyl groups excluding tert-OH is 1. The second kappa shape index (κ2) is 5.84. The maximum absolute atomic E-state index is 11.2. The molecule has 1 unspecified atom stereocenters. The van der Waals surface area contributed by atoms with Crippen molar-refractivity contribution in [3.63, 3.8) is 0 Å². The van der Waals surface area contributed by atoms with Gasteiger partial charge in [0.1, 0.15) is 0 Å². The van der Waals surface area contributed by atoms with Gasteiger partial charge in [0.05, 0.1) is 12.1 Å². The number of carbonyl (C=O) groups excluding carboxylic acids is 1. The molecule has 16 heavy (non-hydrogen) atoms. The number of halogens is 1. The Morgan fingerprint density at radius 3 is 2.88 bits per heavy atom. The van der Waals surface area contributed by atoms with Gasteiger partial charge in [-0.05, 0) is 24.6 Å². The third kappa shape index (κ3) is 3.81. The maximum Gasteiger partial charge on any atom is 0.236 e. The van der Waals surface area contributed by atoms with Crippen LogP contribution in [0.5, 0.6) is 0 Å². The normalized spacial score (nSPS) is 14.2. The maximum atomic E-state index is 11.2. The minimum Gasteiger partial charge on any atom is -0.387 e. The molecule has 5 heteroatoms. The fourth-order valence-electron chi connectivity index (χ4n) is 1.19. The van der Waals surface area contributed by atoms with Gasteiger partial charge in [0.2, 0.25) is 5.91 Å². The van der Waals surface area contributed by atoms with Crippen LogP contribution in [-0.2, 0) is 4.79 Å². The molecule has 0 aliphatic heterocycles. The molecule has 1 rings (SSSR count). The Kier molecular flexibility index (Phi) is 4.73. The Hall–Kier alpha value is -1.10. The number of nitrogens with two attached hydrogens (primary N) is 1. The van der Waals surface area contributed by atoms with Gasteiger partial charge in [-0.1, -0.05) is 23.7 Å². The number of aliphatic hydroxyl groups is 1. The van der Waals surface area contributed by atoms with Crippen LogP contribution in [0, 0.1) is 0 Å². The van der Waals surface area contributed by atoms with Crippen molar-refractivity contribution >= 4 is 17.5 Å². The monoisotopic (exact) mass is 242 g/mol. The van der Waals surface area contributed by atoms with Crippen LogP contribution in [0.15, 0.2) is 24.3 Å². The smallest absolute Gasteiger partial charge is 0.236 e. The number of rotatable bonds is 4. The summed E-state index contributed by atoms with van der Waals surface area (Å²) in [6, 6.07) is 6.29. The van der Waals surface area contributed by atoms with Crippen molar-refractivity contribution < 1.29 is 9.90 Å². The second-order valence-corrected chi connectivity index (χ2v) is 4.04. The van der Waals surface area contributed by atoms with Crippen LogP contribution in [-0.4, -0.2) is 23.6 Å². The van der Waals surface area contributed by atoms with E-state index in [0.717, 1.165) is 0 Å². The highest BCUT2D eigenvalue weighted by molar-refractivity contribution is 6.30. The number of carbonyl (C=O) groups is 1. The van der Waals surface area contributed by atoms with E-state index in [9.17, 15) is 9.90 Å². The summed E-state index contributed by atoms with van der Waals surface area (Å²) in [6.07, 6.45) is -0.776. The summed E-state index contributed by atoms with van der Waals surface area (Å²) in [4.78, 5) is 11.2. The Labute approximate surface area is 99.4 Å². The molecule has 4 nitrogen and oxygen atoms in total. The number of nitrogens with one attached hydrogen (secondary N) is 1. The van der Waals surface area contributed by atoms with Gasteiger partial charge in [0, 0.05) is 11.6 Å². The predicted octanol–water partition coefficient (Wildman–Crippen LogP) is 0.837. The molecule has 1 aromatic carbocycles. The van der Waals surface area contributed by atoms with Crippen molar-refractivity contribution in [3.8, 4) is 0 Å². The van der Waals surface area contributed by atoms with Crippen molar-refractivity contribution in [1.82, 2.24) is 5.32 Å². The third-order valence-electron chi connectivity index (χ3n) is 2.12. The van der Waals surface area contributed by atoms with Gasteiger partial charge in [-0.2, -0.15) is 0 Å². The van der Waals surface area contributed by atoms with Gasteiger partial charge < -0.3 is 16.2 Å². The third-order valence-corrected chi connectivity index (χ3v) is 2.35. The molecule has 1 amide bonds. The minimum absolute atomic E-state index is 0.126. The molecule has 0 aliphatic rings. The van der Waals surface area contributed by atoms with E-state index in [2.05, 4.69) is 5.32 Å². The quantitative estimate of drug-likeness (QED) is 0.732.